The molecule has 21 heavy (non-hydrogen) atoms. The Labute approximate surface area is 126 Å². The summed E-state index contributed by atoms with van der Waals surface area (Å²) in [6.07, 6.45) is 1.57. The Kier molecular flexibility index (Phi) is 3.43. The van der Waals surface area contributed by atoms with Gasteiger partial charge in [-0.15, -0.1) is 11.3 Å². The molecule has 0 atom stereocenters. The second-order valence-electron chi connectivity index (χ2n) is 4.94. The maximum atomic E-state index is 11.3. The van der Waals surface area contributed by atoms with E-state index in [1.54, 1.807) is 24.6 Å². The van der Waals surface area contributed by atoms with Gasteiger partial charge in [0.25, 0.3) is 0 Å². The first-order valence-electron chi connectivity index (χ1n) is 6.65. The highest BCUT2D eigenvalue weighted by Crippen LogP contribution is 2.33. The number of Topliss-reactive ketones (excluding diaryl/α,β-unsaturated/α-hetero) is 1. The molecule has 0 bridgehead atoms. The van der Waals surface area contributed by atoms with Gasteiger partial charge in [-0.25, -0.2) is 9.97 Å². The number of nitrogens with zero attached hydrogens (tertiary/aromatic N) is 2. The van der Waals surface area contributed by atoms with Gasteiger partial charge in [0, 0.05) is 16.1 Å². The Morgan fingerprint density at radius 2 is 1.86 bits per heavy atom. The van der Waals surface area contributed by atoms with Gasteiger partial charge < -0.3 is 5.32 Å². The van der Waals surface area contributed by atoms with Crippen LogP contribution in [0.2, 0.25) is 0 Å². The summed E-state index contributed by atoms with van der Waals surface area (Å²) in [6.45, 7) is 5.74. The Morgan fingerprint density at radius 3 is 2.52 bits per heavy atom. The highest BCUT2D eigenvalue weighted by Gasteiger charge is 2.12. The normalized spacial score (nSPS) is 10.8. The molecular formula is C16H15N3OS. The number of carbonyl (C=O) groups excluding carboxylic acids is 1. The van der Waals surface area contributed by atoms with Crippen LogP contribution in [0.25, 0.3) is 10.2 Å². The SMILES string of the molecule is CC(=O)c1ccc(Nc2ncnc3sc(C)c(C)c23)cc1. The number of aryl methyl sites for hydroxylation is 2. The number of fused-ring (bicyclic) bond motifs is 1. The van der Waals surface area contributed by atoms with Crippen LogP contribution in [-0.4, -0.2) is 15.8 Å². The van der Waals surface area contributed by atoms with Crippen LogP contribution < -0.4 is 5.32 Å². The molecule has 1 N–H and O–H groups in total. The average molecular weight is 297 g/mol. The standard InChI is InChI=1S/C16H15N3OS/c1-9-11(3)21-16-14(9)15(17-8-18-16)19-13-6-4-12(5-7-13)10(2)20/h4-8H,1-3H3,(H,17,18,19). The molecule has 0 amide bonds. The van der Waals surface area contributed by atoms with Crippen molar-refractivity contribution in [2.24, 2.45) is 0 Å². The lowest BCUT2D eigenvalue weighted by Gasteiger charge is -2.07. The predicted octanol–water partition coefficient (Wildman–Crippen LogP) is 4.25. The molecule has 0 unspecified atom stereocenters. The average Bonchev–Trinajstić information content (AvgIpc) is 2.76. The Balaban J connectivity index is 2.00. The first-order chi connectivity index (χ1) is 10.1. The summed E-state index contributed by atoms with van der Waals surface area (Å²) in [5, 5.41) is 4.38. The Morgan fingerprint density at radius 1 is 1.14 bits per heavy atom. The second-order valence-corrected chi connectivity index (χ2v) is 6.15. The first kappa shape index (κ1) is 13.7. The van der Waals surface area contributed by atoms with Gasteiger partial charge in [-0.05, 0) is 50.6 Å². The van der Waals surface area contributed by atoms with Gasteiger partial charge in [0.15, 0.2) is 5.78 Å². The molecule has 2 heterocycles. The molecule has 3 aromatic rings. The van der Waals surface area contributed by atoms with Gasteiger partial charge in [0.2, 0.25) is 0 Å². The van der Waals surface area contributed by atoms with Crippen LogP contribution >= 0.6 is 11.3 Å². The molecule has 0 saturated carbocycles. The van der Waals surface area contributed by atoms with E-state index in [1.807, 2.05) is 24.3 Å². The number of hydrogen-bond donors (Lipinski definition) is 1. The predicted molar refractivity (Wildman–Crippen MR) is 86.6 cm³/mol. The van der Waals surface area contributed by atoms with Crippen molar-refractivity contribution in [3.63, 3.8) is 0 Å². The topological polar surface area (TPSA) is 54.9 Å². The molecule has 0 spiro atoms. The fourth-order valence-corrected chi connectivity index (χ4v) is 3.20. The smallest absolute Gasteiger partial charge is 0.159 e. The number of rotatable bonds is 3. The highest BCUT2D eigenvalue weighted by molar-refractivity contribution is 7.18. The fraction of sp³-hybridized carbons (Fsp3) is 0.188. The van der Waals surface area contributed by atoms with E-state index in [0.29, 0.717) is 5.56 Å². The van der Waals surface area contributed by atoms with Crippen LogP contribution in [0.1, 0.15) is 27.7 Å². The number of ketones is 1. The largest absolute Gasteiger partial charge is 0.340 e. The lowest BCUT2D eigenvalue weighted by Crippen LogP contribution is -1.97. The summed E-state index contributed by atoms with van der Waals surface area (Å²) in [6, 6.07) is 7.40. The van der Waals surface area contributed by atoms with Crippen molar-refractivity contribution in [3.05, 3.63) is 46.6 Å². The maximum absolute atomic E-state index is 11.3. The number of thiophene rings is 1. The fourth-order valence-electron chi connectivity index (χ4n) is 2.20. The van der Waals surface area contributed by atoms with Crippen molar-refractivity contribution in [2.75, 3.05) is 5.32 Å². The van der Waals surface area contributed by atoms with Gasteiger partial charge in [-0.1, -0.05) is 0 Å². The minimum absolute atomic E-state index is 0.0651. The summed E-state index contributed by atoms with van der Waals surface area (Å²) in [7, 11) is 0. The van der Waals surface area contributed by atoms with Crippen molar-refractivity contribution in [2.45, 2.75) is 20.8 Å². The zero-order valence-corrected chi connectivity index (χ0v) is 12.9. The van der Waals surface area contributed by atoms with Gasteiger partial charge >= 0.3 is 0 Å². The van der Waals surface area contributed by atoms with E-state index in [4.69, 9.17) is 0 Å². The number of hydrogen-bond acceptors (Lipinski definition) is 5. The van der Waals surface area contributed by atoms with Gasteiger partial charge in [-0.2, -0.15) is 0 Å². The van der Waals surface area contributed by atoms with E-state index in [9.17, 15) is 4.79 Å². The van der Waals surface area contributed by atoms with Crippen LogP contribution in [0.15, 0.2) is 30.6 Å². The molecule has 2 aromatic heterocycles. The molecule has 5 heteroatoms. The van der Waals surface area contributed by atoms with Crippen molar-refractivity contribution in [3.8, 4) is 0 Å². The van der Waals surface area contributed by atoms with Gasteiger partial charge in [0.05, 0.1) is 5.39 Å². The van der Waals surface area contributed by atoms with Gasteiger partial charge in [0.1, 0.15) is 17.0 Å². The van der Waals surface area contributed by atoms with E-state index in [2.05, 4.69) is 29.1 Å². The number of aromatic nitrogens is 2. The Bertz CT molecular complexity index is 821. The number of nitrogens with one attached hydrogen (secondary N) is 1. The molecule has 0 aliphatic heterocycles. The third-order valence-electron chi connectivity index (χ3n) is 3.52. The molecule has 1 aromatic carbocycles. The molecule has 0 aliphatic carbocycles. The zero-order valence-electron chi connectivity index (χ0n) is 12.1. The third-order valence-corrected chi connectivity index (χ3v) is 4.63. The van der Waals surface area contributed by atoms with E-state index < -0.39 is 0 Å². The minimum Gasteiger partial charge on any atom is -0.340 e. The number of benzene rings is 1. The van der Waals surface area contributed by atoms with E-state index in [1.165, 1.54) is 10.4 Å². The molecule has 106 valence electrons. The van der Waals surface area contributed by atoms with E-state index in [-0.39, 0.29) is 5.78 Å². The molecule has 0 aliphatic rings. The molecule has 0 radical (unpaired) electrons. The minimum atomic E-state index is 0.0651. The molecule has 0 fully saturated rings. The number of anilines is 2. The lowest BCUT2D eigenvalue weighted by atomic mass is 10.1. The summed E-state index contributed by atoms with van der Waals surface area (Å²) in [4.78, 5) is 22.2. The summed E-state index contributed by atoms with van der Waals surface area (Å²) < 4.78 is 0. The van der Waals surface area contributed by atoms with Crippen LogP contribution in [-0.2, 0) is 0 Å². The highest BCUT2D eigenvalue weighted by atomic mass is 32.1. The van der Waals surface area contributed by atoms with Crippen LogP contribution in [0.5, 0.6) is 0 Å². The second kappa shape index (κ2) is 5.26. The van der Waals surface area contributed by atoms with E-state index in [0.717, 1.165) is 21.7 Å². The third kappa shape index (κ3) is 2.52. The number of carbonyl (C=O) groups is 1. The molecule has 3 rings (SSSR count). The Hall–Kier alpha value is -2.27. The monoisotopic (exact) mass is 297 g/mol. The molecular weight excluding hydrogens is 282 g/mol. The van der Waals surface area contributed by atoms with Crippen LogP contribution in [0, 0.1) is 13.8 Å². The van der Waals surface area contributed by atoms with Crippen molar-refractivity contribution in [1.82, 2.24) is 9.97 Å². The zero-order chi connectivity index (χ0) is 15.0. The maximum Gasteiger partial charge on any atom is 0.159 e. The summed E-state index contributed by atoms with van der Waals surface area (Å²) in [5.41, 5.74) is 2.82. The van der Waals surface area contributed by atoms with Gasteiger partial charge in [-0.3, -0.25) is 4.79 Å². The first-order valence-corrected chi connectivity index (χ1v) is 7.46. The van der Waals surface area contributed by atoms with E-state index >= 15 is 0 Å². The summed E-state index contributed by atoms with van der Waals surface area (Å²) >= 11 is 1.67. The molecule has 4 nitrogen and oxygen atoms in total. The summed E-state index contributed by atoms with van der Waals surface area (Å²) in [5.74, 6) is 0.868. The quantitative estimate of drug-likeness (QED) is 0.734. The van der Waals surface area contributed by atoms with Crippen LogP contribution in [0.4, 0.5) is 11.5 Å². The molecule has 0 saturated heterocycles. The van der Waals surface area contributed by atoms with Crippen molar-refractivity contribution in [1.29, 1.82) is 0 Å². The van der Waals surface area contributed by atoms with Crippen LogP contribution in [0.3, 0.4) is 0 Å². The van der Waals surface area contributed by atoms with Crippen molar-refractivity contribution < 1.29 is 4.79 Å². The van der Waals surface area contributed by atoms with Crippen molar-refractivity contribution >= 4 is 38.8 Å². The lowest BCUT2D eigenvalue weighted by molar-refractivity contribution is 0.101.